The smallest absolute Gasteiger partial charge is 0.271 e. The number of anilines is 1. The molecule has 0 saturated carbocycles. The van der Waals surface area contributed by atoms with Gasteiger partial charge in [-0.15, -0.1) is 0 Å². The standard InChI is InChI=1S/C18H12F3N3O4/c1-8-14(18(22)26)17(25)11-4-3-10(24(27)28)6-13(11)23(8)7-9-2-5-12(19)16(21)15(9)20/h2-6,25H,1,7H2,(H2,22,26). The summed E-state index contributed by atoms with van der Waals surface area (Å²) in [7, 11) is 0. The molecule has 7 nitrogen and oxygen atoms in total. The van der Waals surface area contributed by atoms with Crippen LogP contribution in [0, 0.1) is 27.6 Å². The fourth-order valence-corrected chi connectivity index (χ4v) is 2.91. The Hall–Kier alpha value is -3.82. The monoisotopic (exact) mass is 391 g/mol. The first-order valence-electron chi connectivity index (χ1n) is 7.74. The lowest BCUT2D eigenvalue weighted by Gasteiger charge is -2.33. The summed E-state index contributed by atoms with van der Waals surface area (Å²) in [4.78, 5) is 23.3. The van der Waals surface area contributed by atoms with Crippen molar-refractivity contribution in [3.05, 3.63) is 86.9 Å². The van der Waals surface area contributed by atoms with Gasteiger partial charge in [0.05, 0.1) is 22.9 Å². The van der Waals surface area contributed by atoms with Gasteiger partial charge in [0.1, 0.15) is 11.3 Å². The lowest BCUT2D eigenvalue weighted by molar-refractivity contribution is -0.384. The van der Waals surface area contributed by atoms with Crippen LogP contribution in [0.4, 0.5) is 24.5 Å². The van der Waals surface area contributed by atoms with Crippen LogP contribution in [0.3, 0.4) is 0 Å². The van der Waals surface area contributed by atoms with E-state index < -0.39 is 40.6 Å². The number of rotatable bonds is 4. The molecule has 144 valence electrons. The summed E-state index contributed by atoms with van der Waals surface area (Å²) in [5.74, 6) is -6.12. The number of nitrogens with zero attached hydrogens (tertiary/aromatic N) is 2. The summed E-state index contributed by atoms with van der Waals surface area (Å²) >= 11 is 0. The Morgan fingerprint density at radius 3 is 2.50 bits per heavy atom. The predicted octanol–water partition coefficient (Wildman–Crippen LogP) is 3.30. The molecule has 2 aromatic rings. The van der Waals surface area contributed by atoms with E-state index in [-0.39, 0.29) is 33.8 Å². The van der Waals surface area contributed by atoms with Crippen LogP contribution in [-0.4, -0.2) is 15.9 Å². The van der Waals surface area contributed by atoms with E-state index in [0.29, 0.717) is 0 Å². The van der Waals surface area contributed by atoms with Crippen LogP contribution in [0.5, 0.6) is 0 Å². The number of nitro groups is 1. The summed E-state index contributed by atoms with van der Waals surface area (Å²) < 4.78 is 40.9. The second-order valence-electron chi connectivity index (χ2n) is 5.91. The molecule has 0 unspecified atom stereocenters. The third-order valence-electron chi connectivity index (χ3n) is 4.28. The topological polar surface area (TPSA) is 110 Å². The molecule has 28 heavy (non-hydrogen) atoms. The zero-order valence-electron chi connectivity index (χ0n) is 14.1. The van der Waals surface area contributed by atoms with Gasteiger partial charge in [-0.1, -0.05) is 12.6 Å². The first-order valence-corrected chi connectivity index (χ1v) is 7.74. The molecular formula is C18H12F3N3O4. The number of halogens is 3. The number of carbonyl (C=O) groups is 1. The van der Waals surface area contributed by atoms with Crippen molar-refractivity contribution < 1.29 is 28.0 Å². The van der Waals surface area contributed by atoms with Crippen LogP contribution in [0.25, 0.3) is 5.76 Å². The van der Waals surface area contributed by atoms with Gasteiger partial charge < -0.3 is 15.7 Å². The Balaban J connectivity index is 2.20. The molecule has 0 radical (unpaired) electrons. The number of carbonyl (C=O) groups excluding carboxylic acids is 1. The highest BCUT2D eigenvalue weighted by molar-refractivity contribution is 6.07. The van der Waals surface area contributed by atoms with Crippen LogP contribution in [-0.2, 0) is 11.3 Å². The van der Waals surface area contributed by atoms with Crippen molar-refractivity contribution in [2.75, 3.05) is 4.90 Å². The molecule has 3 N–H and O–H groups in total. The number of fused-ring (bicyclic) bond motifs is 1. The van der Waals surface area contributed by atoms with Crippen LogP contribution in [0.1, 0.15) is 11.1 Å². The second-order valence-corrected chi connectivity index (χ2v) is 5.91. The number of nitro benzene ring substituents is 1. The van der Waals surface area contributed by atoms with Gasteiger partial charge in [-0.25, -0.2) is 13.2 Å². The van der Waals surface area contributed by atoms with Crippen LogP contribution >= 0.6 is 0 Å². The summed E-state index contributed by atoms with van der Waals surface area (Å²) in [6.45, 7) is 3.18. The largest absolute Gasteiger partial charge is 0.506 e. The third kappa shape index (κ3) is 2.94. The summed E-state index contributed by atoms with van der Waals surface area (Å²) in [5, 5.41) is 21.4. The Morgan fingerprint density at radius 2 is 1.89 bits per heavy atom. The molecule has 0 atom stereocenters. The fraction of sp³-hybridized carbons (Fsp3) is 0.0556. The number of amides is 1. The fourth-order valence-electron chi connectivity index (χ4n) is 2.91. The van der Waals surface area contributed by atoms with E-state index in [1.807, 2.05) is 0 Å². The molecule has 0 fully saturated rings. The van der Waals surface area contributed by atoms with Crippen LogP contribution < -0.4 is 10.6 Å². The second kappa shape index (κ2) is 6.72. The number of aliphatic hydroxyl groups is 1. The van der Waals surface area contributed by atoms with Crippen LogP contribution in [0.2, 0.25) is 0 Å². The molecule has 1 aliphatic heterocycles. The molecule has 2 aromatic carbocycles. The molecule has 0 saturated heterocycles. The SMILES string of the molecule is C=C1C(C(N)=O)=C(O)c2ccc([N+](=O)[O-])cc2N1Cc1ccc(F)c(F)c1F. The highest BCUT2D eigenvalue weighted by Crippen LogP contribution is 2.41. The molecule has 10 heteroatoms. The zero-order valence-corrected chi connectivity index (χ0v) is 14.1. The van der Waals surface area contributed by atoms with Gasteiger partial charge in [-0.2, -0.15) is 0 Å². The van der Waals surface area contributed by atoms with Crippen molar-refractivity contribution >= 4 is 23.0 Å². The Labute approximate surface area is 155 Å². The van der Waals surface area contributed by atoms with E-state index in [1.165, 1.54) is 6.07 Å². The predicted molar refractivity (Wildman–Crippen MR) is 93.5 cm³/mol. The maximum Gasteiger partial charge on any atom is 0.271 e. The molecule has 1 aliphatic rings. The van der Waals surface area contributed by atoms with Crippen molar-refractivity contribution in [3.8, 4) is 0 Å². The van der Waals surface area contributed by atoms with Gasteiger partial charge in [0.15, 0.2) is 17.5 Å². The van der Waals surface area contributed by atoms with Crippen molar-refractivity contribution in [2.24, 2.45) is 5.73 Å². The molecule has 0 aromatic heterocycles. The summed E-state index contributed by atoms with van der Waals surface area (Å²) in [5.41, 5.74) is 4.09. The molecule has 1 heterocycles. The summed E-state index contributed by atoms with van der Waals surface area (Å²) in [6, 6.07) is 5.06. The number of benzene rings is 2. The van der Waals surface area contributed by atoms with E-state index in [0.717, 1.165) is 29.2 Å². The third-order valence-corrected chi connectivity index (χ3v) is 4.28. The zero-order chi connectivity index (χ0) is 20.7. The first-order chi connectivity index (χ1) is 13.1. The molecule has 0 bridgehead atoms. The van der Waals surface area contributed by atoms with E-state index >= 15 is 0 Å². The normalized spacial score (nSPS) is 13.5. The molecule has 0 spiro atoms. The molecule has 1 amide bonds. The maximum atomic E-state index is 14.1. The number of non-ortho nitro benzene ring substituents is 1. The van der Waals surface area contributed by atoms with E-state index in [9.17, 15) is 33.2 Å². The van der Waals surface area contributed by atoms with Crippen molar-refractivity contribution in [2.45, 2.75) is 6.54 Å². The van der Waals surface area contributed by atoms with Gasteiger partial charge in [-0.3, -0.25) is 14.9 Å². The van der Waals surface area contributed by atoms with E-state index in [2.05, 4.69) is 6.58 Å². The lowest BCUT2D eigenvalue weighted by atomic mass is 9.96. The Bertz CT molecular complexity index is 1080. The van der Waals surface area contributed by atoms with Gasteiger partial charge in [-0.05, 0) is 12.1 Å². The minimum Gasteiger partial charge on any atom is -0.506 e. The van der Waals surface area contributed by atoms with Gasteiger partial charge in [0, 0.05) is 23.3 Å². The highest BCUT2D eigenvalue weighted by Gasteiger charge is 2.32. The van der Waals surface area contributed by atoms with Crippen LogP contribution in [0.15, 0.2) is 48.2 Å². The number of aliphatic hydroxyl groups excluding tert-OH is 1. The lowest BCUT2D eigenvalue weighted by Crippen LogP contribution is -2.32. The minimum atomic E-state index is -1.69. The van der Waals surface area contributed by atoms with Crippen molar-refractivity contribution in [1.29, 1.82) is 0 Å². The Kier molecular flexibility index (Phi) is 4.55. The molecule has 3 rings (SSSR count). The average molecular weight is 391 g/mol. The van der Waals surface area contributed by atoms with Gasteiger partial charge in [0.2, 0.25) is 0 Å². The molecular weight excluding hydrogens is 379 g/mol. The molecule has 0 aliphatic carbocycles. The number of primary amides is 1. The average Bonchev–Trinajstić information content (AvgIpc) is 2.64. The number of nitrogens with two attached hydrogens (primary N) is 1. The minimum absolute atomic E-state index is 0.00907. The van der Waals surface area contributed by atoms with Crippen molar-refractivity contribution in [1.82, 2.24) is 0 Å². The van der Waals surface area contributed by atoms with Crippen molar-refractivity contribution in [3.63, 3.8) is 0 Å². The van der Waals surface area contributed by atoms with E-state index in [4.69, 9.17) is 5.73 Å². The summed E-state index contributed by atoms with van der Waals surface area (Å²) in [6.07, 6.45) is 0. The Morgan fingerprint density at radius 1 is 1.21 bits per heavy atom. The number of hydrogen-bond acceptors (Lipinski definition) is 5. The maximum absolute atomic E-state index is 14.1. The first kappa shape index (κ1) is 19.0. The van der Waals surface area contributed by atoms with Gasteiger partial charge in [0.25, 0.3) is 11.6 Å². The number of hydrogen-bond donors (Lipinski definition) is 2. The highest BCUT2D eigenvalue weighted by atomic mass is 19.2. The van der Waals surface area contributed by atoms with Gasteiger partial charge >= 0.3 is 0 Å². The quantitative estimate of drug-likeness (QED) is 0.472. The van der Waals surface area contributed by atoms with E-state index in [1.54, 1.807) is 0 Å².